The van der Waals surface area contributed by atoms with Crippen molar-refractivity contribution >= 4 is 23.1 Å². The number of nitrogens with one attached hydrogen (secondary N) is 1. The Morgan fingerprint density at radius 3 is 2.80 bits per heavy atom. The second kappa shape index (κ2) is 5.17. The lowest BCUT2D eigenvalue weighted by molar-refractivity contribution is 0.521. The van der Waals surface area contributed by atoms with Crippen LogP contribution in [0, 0.1) is 10.7 Å². The molecule has 0 amide bonds. The highest BCUT2D eigenvalue weighted by atomic mass is 32.1. The van der Waals surface area contributed by atoms with E-state index in [0.29, 0.717) is 10.7 Å². The lowest BCUT2D eigenvalue weighted by Gasteiger charge is -2.09. The molecule has 3 aromatic rings. The predicted molar refractivity (Wildman–Crippen MR) is 83.0 cm³/mol. The standard InChI is InChI=1S/C15H16N4S/c1-10(2)9-19-14(17-18-15(19)20)13-8-7-11-5-3-4-6-12(11)16-13/h3-8,10H,9H2,1-2H3,(H,18,20). The lowest BCUT2D eigenvalue weighted by Crippen LogP contribution is -2.07. The largest absolute Gasteiger partial charge is 0.299 e. The molecular weight excluding hydrogens is 268 g/mol. The molecule has 20 heavy (non-hydrogen) atoms. The van der Waals surface area contributed by atoms with Gasteiger partial charge in [0.15, 0.2) is 10.6 Å². The summed E-state index contributed by atoms with van der Waals surface area (Å²) in [6.45, 7) is 5.15. The molecule has 0 bridgehead atoms. The Morgan fingerprint density at radius 1 is 1.20 bits per heavy atom. The first kappa shape index (κ1) is 13.0. The summed E-state index contributed by atoms with van der Waals surface area (Å²) in [6, 6.07) is 12.1. The average Bonchev–Trinajstić information content (AvgIpc) is 2.79. The van der Waals surface area contributed by atoms with Crippen molar-refractivity contribution in [1.82, 2.24) is 19.7 Å². The number of H-pyrrole nitrogens is 1. The van der Waals surface area contributed by atoms with Gasteiger partial charge in [-0.1, -0.05) is 38.1 Å². The minimum atomic E-state index is 0.499. The second-order valence-corrected chi connectivity index (χ2v) is 5.63. The Morgan fingerprint density at radius 2 is 2.00 bits per heavy atom. The van der Waals surface area contributed by atoms with Gasteiger partial charge in [-0.15, -0.1) is 0 Å². The van der Waals surface area contributed by atoms with Crippen LogP contribution in [0.15, 0.2) is 36.4 Å². The van der Waals surface area contributed by atoms with Crippen molar-refractivity contribution in [2.24, 2.45) is 5.92 Å². The van der Waals surface area contributed by atoms with E-state index < -0.39 is 0 Å². The molecule has 0 fully saturated rings. The zero-order chi connectivity index (χ0) is 14.1. The Hall–Kier alpha value is -2.01. The van der Waals surface area contributed by atoms with Gasteiger partial charge in [0.1, 0.15) is 5.69 Å². The lowest BCUT2D eigenvalue weighted by atomic mass is 10.2. The van der Waals surface area contributed by atoms with Gasteiger partial charge in [0, 0.05) is 11.9 Å². The molecule has 0 saturated carbocycles. The molecule has 1 aromatic carbocycles. The van der Waals surface area contributed by atoms with E-state index in [2.05, 4.69) is 41.2 Å². The Bertz CT molecular complexity index is 801. The van der Waals surface area contributed by atoms with Gasteiger partial charge in [0.05, 0.1) is 5.52 Å². The molecule has 1 N–H and O–H groups in total. The first-order valence-corrected chi connectivity index (χ1v) is 7.07. The molecule has 2 aromatic heterocycles. The van der Waals surface area contributed by atoms with Crippen molar-refractivity contribution in [2.75, 3.05) is 0 Å². The summed E-state index contributed by atoms with van der Waals surface area (Å²) in [6.07, 6.45) is 0. The molecule has 0 saturated heterocycles. The molecule has 0 radical (unpaired) electrons. The van der Waals surface area contributed by atoms with Crippen LogP contribution in [0.1, 0.15) is 13.8 Å². The second-order valence-electron chi connectivity index (χ2n) is 5.25. The Balaban J connectivity index is 2.13. The third-order valence-electron chi connectivity index (χ3n) is 3.13. The first-order chi connectivity index (χ1) is 9.65. The highest BCUT2D eigenvalue weighted by molar-refractivity contribution is 7.71. The molecule has 4 nitrogen and oxygen atoms in total. The molecule has 0 spiro atoms. The number of hydrogen-bond acceptors (Lipinski definition) is 3. The summed E-state index contributed by atoms with van der Waals surface area (Å²) in [5.74, 6) is 1.30. The summed E-state index contributed by atoms with van der Waals surface area (Å²) >= 11 is 5.30. The minimum Gasteiger partial charge on any atom is -0.299 e. The zero-order valence-electron chi connectivity index (χ0n) is 11.5. The number of fused-ring (bicyclic) bond motifs is 1. The van der Waals surface area contributed by atoms with Crippen LogP contribution in [0.5, 0.6) is 0 Å². The average molecular weight is 284 g/mol. The fraction of sp³-hybridized carbons (Fsp3) is 0.267. The highest BCUT2D eigenvalue weighted by Crippen LogP contribution is 2.20. The number of aromatic amines is 1. The molecule has 2 heterocycles. The molecule has 0 atom stereocenters. The van der Waals surface area contributed by atoms with E-state index in [4.69, 9.17) is 12.2 Å². The number of pyridine rings is 1. The highest BCUT2D eigenvalue weighted by Gasteiger charge is 2.11. The predicted octanol–water partition coefficient (Wildman–Crippen LogP) is 3.81. The SMILES string of the molecule is CC(C)Cn1c(-c2ccc3ccccc3n2)n[nH]c1=S. The zero-order valence-corrected chi connectivity index (χ0v) is 12.3. The molecule has 5 heteroatoms. The number of hydrogen-bond donors (Lipinski definition) is 1. The Labute approximate surface area is 122 Å². The van der Waals surface area contributed by atoms with Crippen molar-refractivity contribution in [3.63, 3.8) is 0 Å². The van der Waals surface area contributed by atoms with E-state index >= 15 is 0 Å². The van der Waals surface area contributed by atoms with Gasteiger partial charge >= 0.3 is 0 Å². The monoisotopic (exact) mass is 284 g/mol. The van der Waals surface area contributed by atoms with E-state index in [9.17, 15) is 0 Å². The Kier molecular flexibility index (Phi) is 3.36. The van der Waals surface area contributed by atoms with Gasteiger partial charge < -0.3 is 0 Å². The van der Waals surface area contributed by atoms with Crippen LogP contribution in [0.3, 0.4) is 0 Å². The third kappa shape index (κ3) is 2.36. The fourth-order valence-corrected chi connectivity index (χ4v) is 2.44. The number of para-hydroxylation sites is 1. The molecule has 102 valence electrons. The van der Waals surface area contributed by atoms with Crippen molar-refractivity contribution < 1.29 is 0 Å². The van der Waals surface area contributed by atoms with E-state index in [1.165, 1.54) is 0 Å². The maximum Gasteiger partial charge on any atom is 0.195 e. The number of nitrogens with zero attached hydrogens (tertiary/aromatic N) is 3. The molecular formula is C15H16N4S. The van der Waals surface area contributed by atoms with E-state index in [0.717, 1.165) is 29.0 Å². The fourth-order valence-electron chi connectivity index (χ4n) is 2.24. The summed E-state index contributed by atoms with van der Waals surface area (Å²) in [5, 5.41) is 8.32. The molecule has 0 aliphatic carbocycles. The summed E-state index contributed by atoms with van der Waals surface area (Å²) < 4.78 is 2.65. The number of rotatable bonds is 3. The molecule has 0 aliphatic rings. The van der Waals surface area contributed by atoms with Gasteiger partial charge in [-0.05, 0) is 30.3 Å². The van der Waals surface area contributed by atoms with Crippen LogP contribution < -0.4 is 0 Å². The topological polar surface area (TPSA) is 46.5 Å². The third-order valence-corrected chi connectivity index (χ3v) is 3.45. The summed E-state index contributed by atoms with van der Waals surface area (Å²) in [5.41, 5.74) is 1.81. The van der Waals surface area contributed by atoms with Crippen LogP contribution in [0.4, 0.5) is 0 Å². The van der Waals surface area contributed by atoms with E-state index in [1.54, 1.807) is 0 Å². The molecule has 0 aliphatic heterocycles. The molecule has 0 unspecified atom stereocenters. The number of benzene rings is 1. The van der Waals surface area contributed by atoms with Gasteiger partial charge in [-0.2, -0.15) is 5.10 Å². The number of aromatic nitrogens is 4. The maximum absolute atomic E-state index is 5.30. The quantitative estimate of drug-likeness (QED) is 0.744. The van der Waals surface area contributed by atoms with E-state index in [1.807, 2.05) is 28.8 Å². The summed E-state index contributed by atoms with van der Waals surface area (Å²) in [7, 11) is 0. The van der Waals surface area contributed by atoms with Gasteiger partial charge in [0.25, 0.3) is 0 Å². The molecule has 3 rings (SSSR count). The van der Waals surface area contributed by atoms with Gasteiger partial charge in [-0.25, -0.2) is 4.98 Å². The van der Waals surface area contributed by atoms with Crippen molar-refractivity contribution in [2.45, 2.75) is 20.4 Å². The van der Waals surface area contributed by atoms with Crippen LogP contribution in [0.2, 0.25) is 0 Å². The van der Waals surface area contributed by atoms with Gasteiger partial charge in [-0.3, -0.25) is 9.67 Å². The minimum absolute atomic E-state index is 0.499. The van der Waals surface area contributed by atoms with E-state index in [-0.39, 0.29) is 0 Å². The normalized spacial score (nSPS) is 11.3. The van der Waals surface area contributed by atoms with Crippen molar-refractivity contribution in [1.29, 1.82) is 0 Å². The van der Waals surface area contributed by atoms with Crippen LogP contribution in [-0.2, 0) is 6.54 Å². The smallest absolute Gasteiger partial charge is 0.195 e. The maximum atomic E-state index is 5.30. The first-order valence-electron chi connectivity index (χ1n) is 6.66. The summed E-state index contributed by atoms with van der Waals surface area (Å²) in [4.78, 5) is 4.68. The van der Waals surface area contributed by atoms with Crippen LogP contribution in [0.25, 0.3) is 22.4 Å². The van der Waals surface area contributed by atoms with Crippen molar-refractivity contribution in [3.05, 3.63) is 41.2 Å². The van der Waals surface area contributed by atoms with Gasteiger partial charge in [0.2, 0.25) is 0 Å². The van der Waals surface area contributed by atoms with Crippen LogP contribution in [-0.4, -0.2) is 19.7 Å². The van der Waals surface area contributed by atoms with Crippen LogP contribution >= 0.6 is 12.2 Å². The van der Waals surface area contributed by atoms with Crippen molar-refractivity contribution in [3.8, 4) is 11.5 Å².